The zero-order valence-corrected chi connectivity index (χ0v) is 16.8. The summed E-state index contributed by atoms with van der Waals surface area (Å²) in [7, 11) is -2.05. The van der Waals surface area contributed by atoms with Gasteiger partial charge in [-0.05, 0) is 74.4 Å². The van der Waals surface area contributed by atoms with Crippen LogP contribution >= 0.6 is 0 Å². The molecule has 0 saturated heterocycles. The van der Waals surface area contributed by atoms with Crippen LogP contribution in [0.1, 0.15) is 42.4 Å². The van der Waals surface area contributed by atoms with Gasteiger partial charge in [0.25, 0.3) is 0 Å². The fraction of sp³-hybridized carbons (Fsp3) is 0.450. The molecule has 1 aromatic heterocycles. The van der Waals surface area contributed by atoms with Crippen molar-refractivity contribution >= 4 is 10.0 Å². The highest BCUT2D eigenvalue weighted by atomic mass is 32.2. The van der Waals surface area contributed by atoms with Crippen LogP contribution in [-0.4, -0.2) is 26.6 Å². The number of aromatic nitrogens is 1. The van der Waals surface area contributed by atoms with Gasteiger partial charge in [-0.3, -0.25) is 0 Å². The van der Waals surface area contributed by atoms with Crippen molar-refractivity contribution in [2.75, 3.05) is 7.11 Å². The van der Waals surface area contributed by atoms with E-state index in [9.17, 15) is 8.42 Å². The standard InChI is InChI=1S/C20H26N2O4S/c1-14-10-18(11-15(2)20(14)25-3)27(23,24)22-13-16-8-9-21-19(12-16)26-17-6-4-5-7-17/h8-12,17,22H,4-7,13H2,1-3H3. The summed E-state index contributed by atoms with van der Waals surface area (Å²) in [6.07, 6.45) is 6.34. The van der Waals surface area contributed by atoms with Gasteiger partial charge in [-0.1, -0.05) is 0 Å². The normalized spacial score (nSPS) is 15.1. The molecule has 1 heterocycles. The number of hydrogen-bond acceptors (Lipinski definition) is 5. The lowest BCUT2D eigenvalue weighted by molar-refractivity contribution is 0.201. The molecule has 1 aromatic carbocycles. The predicted molar refractivity (Wildman–Crippen MR) is 104 cm³/mol. The first-order valence-electron chi connectivity index (χ1n) is 9.15. The summed E-state index contributed by atoms with van der Waals surface area (Å²) in [6, 6.07) is 6.82. The molecule has 3 rings (SSSR count). The fourth-order valence-corrected chi connectivity index (χ4v) is 4.64. The van der Waals surface area contributed by atoms with Gasteiger partial charge in [0, 0.05) is 18.8 Å². The quantitative estimate of drug-likeness (QED) is 0.783. The number of hydrogen-bond donors (Lipinski definition) is 1. The molecule has 1 aliphatic carbocycles. The third-order valence-corrected chi connectivity index (χ3v) is 6.18. The van der Waals surface area contributed by atoms with E-state index in [-0.39, 0.29) is 17.5 Å². The highest BCUT2D eigenvalue weighted by molar-refractivity contribution is 7.89. The highest BCUT2D eigenvalue weighted by Gasteiger charge is 2.19. The third-order valence-electron chi connectivity index (χ3n) is 4.80. The Morgan fingerprint density at radius 3 is 2.44 bits per heavy atom. The van der Waals surface area contributed by atoms with Crippen molar-refractivity contribution in [3.8, 4) is 11.6 Å². The summed E-state index contributed by atoms with van der Waals surface area (Å²) in [5.41, 5.74) is 2.38. The maximum atomic E-state index is 12.7. The fourth-order valence-electron chi connectivity index (χ4n) is 3.45. The van der Waals surface area contributed by atoms with Crippen molar-refractivity contribution in [3.05, 3.63) is 47.2 Å². The molecule has 146 valence electrons. The van der Waals surface area contributed by atoms with Crippen molar-refractivity contribution in [2.45, 2.75) is 57.1 Å². The number of benzene rings is 1. The molecule has 1 N–H and O–H groups in total. The van der Waals surface area contributed by atoms with E-state index in [1.165, 1.54) is 12.8 Å². The van der Waals surface area contributed by atoms with Crippen LogP contribution in [-0.2, 0) is 16.6 Å². The van der Waals surface area contributed by atoms with Gasteiger partial charge in [-0.2, -0.15) is 0 Å². The number of sulfonamides is 1. The molecule has 7 heteroatoms. The van der Waals surface area contributed by atoms with E-state index in [4.69, 9.17) is 9.47 Å². The van der Waals surface area contributed by atoms with Crippen LogP contribution in [0.3, 0.4) is 0 Å². The maximum Gasteiger partial charge on any atom is 0.240 e. The Morgan fingerprint density at radius 1 is 1.15 bits per heavy atom. The summed E-state index contributed by atoms with van der Waals surface area (Å²) < 4.78 is 39.2. The lowest BCUT2D eigenvalue weighted by atomic mass is 10.1. The molecule has 2 aromatic rings. The number of aryl methyl sites for hydroxylation is 2. The predicted octanol–water partition coefficient (Wildman–Crippen LogP) is 3.51. The Balaban J connectivity index is 1.70. The molecule has 0 atom stereocenters. The van der Waals surface area contributed by atoms with Crippen molar-refractivity contribution in [3.63, 3.8) is 0 Å². The second kappa shape index (κ2) is 8.27. The van der Waals surface area contributed by atoms with E-state index < -0.39 is 10.0 Å². The third kappa shape index (κ3) is 4.78. The molecule has 0 amide bonds. The van der Waals surface area contributed by atoms with Gasteiger partial charge in [0.05, 0.1) is 12.0 Å². The number of nitrogens with zero attached hydrogens (tertiary/aromatic N) is 1. The Morgan fingerprint density at radius 2 is 1.81 bits per heavy atom. The Kier molecular flexibility index (Phi) is 6.01. The molecule has 1 saturated carbocycles. The molecule has 0 spiro atoms. The SMILES string of the molecule is COc1c(C)cc(S(=O)(=O)NCc2ccnc(OC3CCCC3)c2)cc1C. The average Bonchev–Trinajstić information content (AvgIpc) is 3.13. The average molecular weight is 391 g/mol. The molecular formula is C20H26N2O4S. The largest absolute Gasteiger partial charge is 0.496 e. The number of nitrogens with one attached hydrogen (secondary N) is 1. The van der Waals surface area contributed by atoms with Gasteiger partial charge < -0.3 is 9.47 Å². The number of rotatable bonds is 7. The molecular weight excluding hydrogens is 364 g/mol. The van der Waals surface area contributed by atoms with E-state index in [1.54, 1.807) is 37.6 Å². The van der Waals surface area contributed by atoms with Crippen LogP contribution in [0.25, 0.3) is 0 Å². The minimum absolute atomic E-state index is 0.177. The van der Waals surface area contributed by atoms with Gasteiger partial charge in [0.15, 0.2) is 0 Å². The van der Waals surface area contributed by atoms with Crippen LogP contribution in [0.2, 0.25) is 0 Å². The molecule has 27 heavy (non-hydrogen) atoms. The van der Waals surface area contributed by atoms with Gasteiger partial charge in [0.2, 0.25) is 15.9 Å². The van der Waals surface area contributed by atoms with Crippen molar-refractivity contribution in [1.29, 1.82) is 0 Å². The lowest BCUT2D eigenvalue weighted by Gasteiger charge is -2.14. The minimum Gasteiger partial charge on any atom is -0.496 e. The van der Waals surface area contributed by atoms with Gasteiger partial charge in [0.1, 0.15) is 11.9 Å². The summed E-state index contributed by atoms with van der Waals surface area (Å²) in [5, 5.41) is 0. The van der Waals surface area contributed by atoms with Crippen LogP contribution in [0.5, 0.6) is 11.6 Å². The van der Waals surface area contributed by atoms with Gasteiger partial charge in [-0.15, -0.1) is 0 Å². The van der Waals surface area contributed by atoms with Gasteiger partial charge >= 0.3 is 0 Å². The van der Waals surface area contributed by atoms with Crippen molar-refractivity contribution in [1.82, 2.24) is 9.71 Å². The maximum absolute atomic E-state index is 12.7. The van der Waals surface area contributed by atoms with E-state index in [0.29, 0.717) is 11.6 Å². The molecule has 0 aliphatic heterocycles. The lowest BCUT2D eigenvalue weighted by Crippen LogP contribution is -2.23. The smallest absolute Gasteiger partial charge is 0.240 e. The van der Waals surface area contributed by atoms with E-state index in [0.717, 1.165) is 29.5 Å². The molecule has 0 unspecified atom stereocenters. The number of methoxy groups -OCH3 is 1. The van der Waals surface area contributed by atoms with E-state index in [2.05, 4.69) is 9.71 Å². The number of ether oxygens (including phenoxy) is 2. The Labute approximate surface area is 161 Å². The first-order chi connectivity index (χ1) is 12.9. The molecule has 0 radical (unpaired) electrons. The van der Waals surface area contributed by atoms with E-state index >= 15 is 0 Å². The van der Waals surface area contributed by atoms with Crippen LogP contribution in [0.15, 0.2) is 35.4 Å². The summed E-state index contributed by atoms with van der Waals surface area (Å²) in [6.45, 7) is 3.84. The monoisotopic (exact) mass is 390 g/mol. The second-order valence-corrected chi connectivity index (χ2v) is 8.71. The molecule has 6 nitrogen and oxygen atoms in total. The molecule has 0 bridgehead atoms. The van der Waals surface area contributed by atoms with Crippen LogP contribution in [0.4, 0.5) is 0 Å². The molecule has 1 aliphatic rings. The topological polar surface area (TPSA) is 77.5 Å². The van der Waals surface area contributed by atoms with Crippen LogP contribution in [0, 0.1) is 13.8 Å². The first-order valence-corrected chi connectivity index (χ1v) is 10.6. The van der Waals surface area contributed by atoms with Crippen molar-refractivity contribution < 1.29 is 17.9 Å². The summed E-state index contributed by atoms with van der Waals surface area (Å²) >= 11 is 0. The Bertz CT molecular complexity index is 883. The van der Waals surface area contributed by atoms with E-state index in [1.807, 2.05) is 13.8 Å². The highest BCUT2D eigenvalue weighted by Crippen LogP contribution is 2.27. The zero-order chi connectivity index (χ0) is 19.4. The minimum atomic E-state index is -3.63. The molecule has 1 fully saturated rings. The first kappa shape index (κ1) is 19.6. The zero-order valence-electron chi connectivity index (χ0n) is 16.0. The van der Waals surface area contributed by atoms with Crippen molar-refractivity contribution in [2.24, 2.45) is 0 Å². The second-order valence-electron chi connectivity index (χ2n) is 6.94. The summed E-state index contributed by atoms with van der Waals surface area (Å²) in [5.74, 6) is 1.26. The summed E-state index contributed by atoms with van der Waals surface area (Å²) in [4.78, 5) is 4.47. The number of pyridine rings is 1. The van der Waals surface area contributed by atoms with Gasteiger partial charge in [-0.25, -0.2) is 18.1 Å². The Hall–Kier alpha value is -2.12. The van der Waals surface area contributed by atoms with Crippen LogP contribution < -0.4 is 14.2 Å².